The molecule has 6 heteroatoms. The van der Waals surface area contributed by atoms with E-state index in [0.717, 1.165) is 46.4 Å². The minimum Gasteiger partial charge on any atom is -0.305 e. The lowest BCUT2D eigenvalue weighted by Crippen LogP contribution is -2.30. The van der Waals surface area contributed by atoms with E-state index in [1.807, 2.05) is 23.9 Å². The average Bonchev–Trinajstić information content (AvgIpc) is 3.01. The van der Waals surface area contributed by atoms with Crippen molar-refractivity contribution >= 4 is 45.3 Å². The Morgan fingerprint density at radius 1 is 1.15 bits per heavy atom. The monoisotopic (exact) mass is 388 g/mol. The minimum absolute atomic E-state index is 0.136. The summed E-state index contributed by atoms with van der Waals surface area (Å²) in [6.07, 6.45) is 4.21. The van der Waals surface area contributed by atoms with Crippen LogP contribution in [0.2, 0.25) is 0 Å². The molecule has 0 bridgehead atoms. The van der Waals surface area contributed by atoms with Crippen LogP contribution >= 0.6 is 23.5 Å². The molecule has 0 N–H and O–H groups in total. The number of anilines is 1. The maximum atomic E-state index is 12.1. The molecule has 0 atom stereocenters. The highest BCUT2D eigenvalue weighted by molar-refractivity contribution is 8.40. The van der Waals surface area contributed by atoms with Crippen molar-refractivity contribution in [1.29, 1.82) is 0 Å². The number of aliphatic imine (C=N–C) groups is 1. The number of carbonyl (C=O) groups excluding carboxylic acids is 2. The van der Waals surface area contributed by atoms with Crippen molar-refractivity contribution < 1.29 is 9.59 Å². The van der Waals surface area contributed by atoms with Gasteiger partial charge >= 0.3 is 0 Å². The average molecular weight is 389 g/mol. The lowest BCUT2D eigenvalue weighted by molar-refractivity contribution is -0.114. The van der Waals surface area contributed by atoms with Gasteiger partial charge in [0.1, 0.15) is 4.38 Å². The van der Waals surface area contributed by atoms with Crippen LogP contribution < -0.4 is 4.90 Å². The Bertz CT molecular complexity index is 771. The van der Waals surface area contributed by atoms with E-state index in [0.29, 0.717) is 12.1 Å². The molecule has 2 heterocycles. The highest BCUT2D eigenvalue weighted by Gasteiger charge is 2.34. The molecule has 0 saturated heterocycles. The van der Waals surface area contributed by atoms with Crippen molar-refractivity contribution in [2.45, 2.75) is 45.1 Å². The van der Waals surface area contributed by atoms with Crippen molar-refractivity contribution in [3.05, 3.63) is 41.3 Å². The molecule has 0 saturated carbocycles. The van der Waals surface area contributed by atoms with E-state index in [1.54, 1.807) is 28.8 Å². The van der Waals surface area contributed by atoms with Crippen molar-refractivity contribution in [1.82, 2.24) is 0 Å². The summed E-state index contributed by atoms with van der Waals surface area (Å²) in [4.78, 5) is 31.5. The number of nitrogens with zero attached hydrogens (tertiary/aromatic N) is 2. The first kappa shape index (κ1) is 19.2. The van der Waals surface area contributed by atoms with Crippen molar-refractivity contribution in [2.24, 2.45) is 4.99 Å². The molecule has 0 aromatic heterocycles. The topological polar surface area (TPSA) is 49.7 Å². The lowest BCUT2D eigenvalue weighted by Gasteiger charge is -2.16. The summed E-state index contributed by atoms with van der Waals surface area (Å²) in [5.41, 5.74) is 1.16. The Labute approximate surface area is 163 Å². The molecule has 0 spiro atoms. The van der Waals surface area contributed by atoms with E-state index in [2.05, 4.69) is 20.4 Å². The molecule has 0 aliphatic carbocycles. The van der Waals surface area contributed by atoms with Gasteiger partial charge in [-0.05, 0) is 38.8 Å². The van der Waals surface area contributed by atoms with Crippen LogP contribution in [0.25, 0.3) is 0 Å². The van der Waals surface area contributed by atoms with Gasteiger partial charge in [0.25, 0.3) is 11.7 Å². The van der Waals surface area contributed by atoms with Crippen molar-refractivity contribution in [3.63, 3.8) is 0 Å². The fraction of sp³-hybridized carbons (Fsp3) is 0.450. The van der Waals surface area contributed by atoms with Gasteiger partial charge in [-0.25, -0.2) is 0 Å². The third-order valence-electron chi connectivity index (χ3n) is 4.64. The van der Waals surface area contributed by atoms with E-state index in [1.165, 1.54) is 0 Å². The number of Topliss-reactive ketones (excluding diaryl/α,β-unsaturated/α-hetero) is 1. The number of rotatable bonds is 7. The van der Waals surface area contributed by atoms with Crippen LogP contribution in [0.15, 0.2) is 40.7 Å². The summed E-state index contributed by atoms with van der Waals surface area (Å²) in [5, 5.41) is 0. The van der Waals surface area contributed by atoms with Gasteiger partial charge in [0.15, 0.2) is 0 Å². The van der Waals surface area contributed by atoms with Crippen molar-refractivity contribution in [3.8, 4) is 0 Å². The van der Waals surface area contributed by atoms with Gasteiger partial charge in [0.05, 0.1) is 16.8 Å². The van der Waals surface area contributed by atoms with Crippen LogP contribution in [-0.4, -0.2) is 33.9 Å². The Balaban J connectivity index is 1.35. The molecule has 1 amide bonds. The Kier molecular flexibility index (Phi) is 5.92. The fourth-order valence-electron chi connectivity index (χ4n) is 2.96. The minimum atomic E-state index is -0.388. The number of benzene rings is 1. The molecule has 0 radical (unpaired) electrons. The summed E-state index contributed by atoms with van der Waals surface area (Å²) < 4.78 is 1.12. The zero-order valence-electron chi connectivity index (χ0n) is 15.3. The molecule has 0 fully saturated rings. The van der Waals surface area contributed by atoms with E-state index >= 15 is 0 Å². The summed E-state index contributed by atoms with van der Waals surface area (Å²) in [6, 6.07) is 7.25. The summed E-state index contributed by atoms with van der Waals surface area (Å²) in [5.74, 6) is 0.288. The van der Waals surface area contributed by atoms with Crippen LogP contribution in [-0.2, 0) is 4.79 Å². The first-order valence-corrected chi connectivity index (χ1v) is 10.8. The molecule has 2 aliphatic heterocycles. The highest BCUT2D eigenvalue weighted by atomic mass is 32.2. The van der Waals surface area contributed by atoms with E-state index in [-0.39, 0.29) is 17.2 Å². The van der Waals surface area contributed by atoms with Gasteiger partial charge in [0.2, 0.25) is 0 Å². The van der Waals surface area contributed by atoms with Gasteiger partial charge < -0.3 is 4.90 Å². The highest BCUT2D eigenvalue weighted by Crippen LogP contribution is 2.41. The normalized spacial score (nSPS) is 18.5. The Hall–Kier alpha value is -1.53. The smallest absolute Gasteiger partial charge is 0.299 e. The molecule has 3 rings (SSSR count). The summed E-state index contributed by atoms with van der Waals surface area (Å²) in [7, 11) is 0. The van der Waals surface area contributed by atoms with Gasteiger partial charge in [-0.1, -0.05) is 55.1 Å². The molecule has 26 heavy (non-hydrogen) atoms. The second-order valence-electron chi connectivity index (χ2n) is 7.03. The predicted octanol–water partition coefficient (Wildman–Crippen LogP) is 4.90. The van der Waals surface area contributed by atoms with Gasteiger partial charge in [0, 0.05) is 17.2 Å². The summed E-state index contributed by atoms with van der Waals surface area (Å²) >= 11 is 3.50. The Morgan fingerprint density at radius 3 is 2.62 bits per heavy atom. The third kappa shape index (κ3) is 4.07. The number of fused-ring (bicyclic) bond motifs is 1. The molecule has 0 unspecified atom stereocenters. The molecular weight excluding hydrogens is 364 g/mol. The molecular formula is C20H24N2O2S2. The van der Waals surface area contributed by atoms with Gasteiger partial charge in [-0.2, -0.15) is 0 Å². The number of ketones is 1. The number of hydrogen-bond acceptors (Lipinski definition) is 5. The van der Waals surface area contributed by atoms with Crippen molar-refractivity contribution in [2.75, 3.05) is 17.2 Å². The number of hydrogen-bond donors (Lipinski definition) is 0. The number of carbonyl (C=O) groups is 2. The zero-order valence-corrected chi connectivity index (χ0v) is 16.9. The number of unbranched alkanes of at least 4 members (excludes halogenated alkanes) is 3. The number of amides is 1. The molecule has 1 aromatic rings. The van der Waals surface area contributed by atoms with Gasteiger partial charge in [-0.15, -0.1) is 0 Å². The molecule has 4 nitrogen and oxygen atoms in total. The molecule has 2 aliphatic rings. The van der Waals surface area contributed by atoms with E-state index in [9.17, 15) is 9.59 Å². The summed E-state index contributed by atoms with van der Waals surface area (Å²) in [6.45, 7) is 8.88. The van der Waals surface area contributed by atoms with Crippen LogP contribution in [0.3, 0.4) is 0 Å². The largest absolute Gasteiger partial charge is 0.305 e. The maximum Gasteiger partial charge on any atom is 0.299 e. The quantitative estimate of drug-likeness (QED) is 0.492. The van der Waals surface area contributed by atoms with Gasteiger partial charge in [-0.3, -0.25) is 14.6 Å². The second-order valence-corrected chi connectivity index (χ2v) is 9.45. The standard InChI is InChI=1S/C20H24N2O2S2/c1-14-20(2,3)21-19(26-14)25-13-9-5-4-8-12-22-16-11-7-6-10-15(16)17(23)18(22)24/h6-7,10-11H,1,4-5,8-9,12-13H2,2-3H3. The van der Waals surface area contributed by atoms with Crippen LogP contribution in [0, 0.1) is 0 Å². The van der Waals surface area contributed by atoms with E-state index in [4.69, 9.17) is 4.99 Å². The van der Waals surface area contributed by atoms with Crippen LogP contribution in [0.1, 0.15) is 49.9 Å². The maximum absolute atomic E-state index is 12.1. The Morgan fingerprint density at radius 2 is 1.88 bits per heavy atom. The van der Waals surface area contributed by atoms with E-state index < -0.39 is 0 Å². The third-order valence-corrected chi connectivity index (χ3v) is 7.09. The van der Waals surface area contributed by atoms with Crippen LogP contribution in [0.5, 0.6) is 0 Å². The fourth-order valence-corrected chi connectivity index (χ4v) is 5.34. The second kappa shape index (κ2) is 8.01. The van der Waals surface area contributed by atoms with Crippen LogP contribution in [0.4, 0.5) is 5.69 Å². The number of para-hydroxylation sites is 1. The number of thioether (sulfide) groups is 2. The SMILES string of the molecule is C=C1SC(SCCCCCCN2C(=O)C(=O)c3ccccc32)=NC1(C)C. The zero-order chi connectivity index (χ0) is 18.7. The molecule has 1 aromatic carbocycles. The predicted molar refractivity (Wildman–Crippen MR) is 112 cm³/mol. The lowest BCUT2D eigenvalue weighted by atomic mass is 10.1. The first-order chi connectivity index (χ1) is 12.4. The first-order valence-electron chi connectivity index (χ1n) is 8.95. The molecule has 138 valence electrons.